The van der Waals surface area contributed by atoms with Gasteiger partial charge in [-0.3, -0.25) is 4.98 Å². The van der Waals surface area contributed by atoms with Crippen molar-refractivity contribution in [2.24, 2.45) is 10.2 Å². The molecule has 0 aliphatic heterocycles. The maximum atomic E-state index is 5.08. The zero-order chi connectivity index (χ0) is 13.6. The Morgan fingerprint density at radius 3 is 2.55 bits per heavy atom. The standard InChI is InChI=1S/C15H12N4O/c1-2-13(8-16-7-1)12-3-5-14(6-4-12)19-18-10-15-9-17-11-20-15/h1-9,11H,10H2. The summed E-state index contributed by atoms with van der Waals surface area (Å²) in [6, 6.07) is 11.8. The van der Waals surface area contributed by atoms with E-state index in [2.05, 4.69) is 20.2 Å². The Bertz CT molecular complexity index is 676. The first-order chi connectivity index (χ1) is 9.92. The Morgan fingerprint density at radius 1 is 0.950 bits per heavy atom. The van der Waals surface area contributed by atoms with E-state index in [9.17, 15) is 0 Å². The highest BCUT2D eigenvalue weighted by molar-refractivity contribution is 5.64. The van der Waals surface area contributed by atoms with Gasteiger partial charge >= 0.3 is 0 Å². The van der Waals surface area contributed by atoms with Crippen LogP contribution in [0.5, 0.6) is 0 Å². The molecule has 0 aliphatic carbocycles. The van der Waals surface area contributed by atoms with Crippen LogP contribution in [0.4, 0.5) is 5.69 Å². The van der Waals surface area contributed by atoms with Crippen molar-refractivity contribution in [3.8, 4) is 11.1 Å². The van der Waals surface area contributed by atoms with Crippen LogP contribution in [-0.4, -0.2) is 9.97 Å². The van der Waals surface area contributed by atoms with Crippen LogP contribution in [0.15, 0.2) is 76.0 Å². The normalized spacial score (nSPS) is 11.0. The molecule has 2 aromatic heterocycles. The van der Waals surface area contributed by atoms with Gasteiger partial charge in [-0.15, -0.1) is 0 Å². The van der Waals surface area contributed by atoms with Crippen molar-refractivity contribution >= 4 is 5.69 Å². The lowest BCUT2D eigenvalue weighted by Crippen LogP contribution is -1.78. The lowest BCUT2D eigenvalue weighted by Gasteiger charge is -2.00. The quantitative estimate of drug-likeness (QED) is 0.668. The van der Waals surface area contributed by atoms with Crippen LogP contribution in [-0.2, 0) is 6.54 Å². The van der Waals surface area contributed by atoms with Gasteiger partial charge in [0.05, 0.1) is 11.9 Å². The monoisotopic (exact) mass is 264 g/mol. The molecule has 0 radical (unpaired) electrons. The van der Waals surface area contributed by atoms with Crippen molar-refractivity contribution < 1.29 is 4.42 Å². The van der Waals surface area contributed by atoms with Crippen LogP contribution in [0, 0.1) is 0 Å². The van der Waals surface area contributed by atoms with Crippen LogP contribution >= 0.6 is 0 Å². The average Bonchev–Trinajstić information content (AvgIpc) is 3.02. The number of rotatable bonds is 4. The molecule has 1 aromatic carbocycles. The number of benzene rings is 1. The van der Waals surface area contributed by atoms with E-state index in [4.69, 9.17) is 4.42 Å². The fourth-order valence-electron chi connectivity index (χ4n) is 1.76. The van der Waals surface area contributed by atoms with Crippen molar-refractivity contribution in [3.63, 3.8) is 0 Å². The van der Waals surface area contributed by atoms with Gasteiger partial charge in [0.25, 0.3) is 0 Å². The van der Waals surface area contributed by atoms with E-state index in [0.29, 0.717) is 12.3 Å². The molecule has 20 heavy (non-hydrogen) atoms. The molecule has 0 amide bonds. The minimum Gasteiger partial charge on any atom is -0.446 e. The maximum absolute atomic E-state index is 5.08. The number of hydrogen-bond acceptors (Lipinski definition) is 5. The number of aromatic nitrogens is 2. The molecule has 0 spiro atoms. The molecule has 0 saturated carbocycles. The molecular weight excluding hydrogens is 252 g/mol. The maximum Gasteiger partial charge on any atom is 0.180 e. The fraction of sp³-hybridized carbons (Fsp3) is 0.0667. The summed E-state index contributed by atoms with van der Waals surface area (Å²) >= 11 is 0. The fourth-order valence-corrected chi connectivity index (χ4v) is 1.76. The minimum absolute atomic E-state index is 0.393. The molecule has 98 valence electrons. The Balaban J connectivity index is 1.69. The second-order valence-corrected chi connectivity index (χ2v) is 4.16. The molecule has 2 heterocycles. The number of azo groups is 1. The van der Waals surface area contributed by atoms with Gasteiger partial charge in [-0.1, -0.05) is 18.2 Å². The highest BCUT2D eigenvalue weighted by Crippen LogP contribution is 2.22. The summed E-state index contributed by atoms with van der Waals surface area (Å²) in [4.78, 5) is 7.92. The van der Waals surface area contributed by atoms with Gasteiger partial charge < -0.3 is 4.42 Å². The van der Waals surface area contributed by atoms with Crippen molar-refractivity contribution in [2.45, 2.75) is 6.54 Å². The summed E-state index contributed by atoms with van der Waals surface area (Å²) in [7, 11) is 0. The smallest absolute Gasteiger partial charge is 0.180 e. The van der Waals surface area contributed by atoms with E-state index in [0.717, 1.165) is 16.8 Å². The van der Waals surface area contributed by atoms with Crippen LogP contribution in [0.2, 0.25) is 0 Å². The van der Waals surface area contributed by atoms with Crippen molar-refractivity contribution in [1.29, 1.82) is 0 Å². The molecule has 0 bridgehead atoms. The summed E-state index contributed by atoms with van der Waals surface area (Å²) in [6.07, 6.45) is 6.61. The van der Waals surface area contributed by atoms with Gasteiger partial charge in [0.15, 0.2) is 6.39 Å². The zero-order valence-electron chi connectivity index (χ0n) is 10.7. The third-order valence-corrected chi connectivity index (χ3v) is 2.76. The van der Waals surface area contributed by atoms with Gasteiger partial charge in [-0.05, 0) is 29.3 Å². The topological polar surface area (TPSA) is 63.6 Å². The predicted octanol–water partition coefficient (Wildman–Crippen LogP) is 4.02. The third-order valence-electron chi connectivity index (χ3n) is 2.76. The summed E-state index contributed by atoms with van der Waals surface area (Å²) in [6.45, 7) is 0.393. The second kappa shape index (κ2) is 5.88. The lowest BCUT2D eigenvalue weighted by molar-refractivity contribution is 0.503. The van der Waals surface area contributed by atoms with Gasteiger partial charge in [-0.2, -0.15) is 10.2 Å². The first-order valence-electron chi connectivity index (χ1n) is 6.17. The van der Waals surface area contributed by atoms with Crippen molar-refractivity contribution in [1.82, 2.24) is 9.97 Å². The van der Waals surface area contributed by atoms with Gasteiger partial charge in [0, 0.05) is 12.4 Å². The van der Waals surface area contributed by atoms with Crippen molar-refractivity contribution in [3.05, 3.63) is 67.1 Å². The molecular formula is C15H12N4O. The Labute approximate surface area is 116 Å². The SMILES string of the molecule is c1cncc(-c2ccc(N=NCc3cnco3)cc2)c1. The molecule has 0 atom stereocenters. The number of pyridine rings is 1. The first-order valence-corrected chi connectivity index (χ1v) is 6.17. The Morgan fingerprint density at radius 2 is 1.85 bits per heavy atom. The van der Waals surface area contributed by atoms with Crippen molar-refractivity contribution in [2.75, 3.05) is 0 Å². The number of oxazole rings is 1. The van der Waals surface area contributed by atoms with E-state index in [1.807, 2.05) is 42.6 Å². The third kappa shape index (κ3) is 2.95. The summed E-state index contributed by atoms with van der Waals surface area (Å²) in [5.41, 5.74) is 2.99. The molecule has 5 heteroatoms. The summed E-state index contributed by atoms with van der Waals surface area (Å²) in [5.74, 6) is 0.695. The summed E-state index contributed by atoms with van der Waals surface area (Å²) < 4.78 is 5.08. The molecule has 0 saturated heterocycles. The van der Waals surface area contributed by atoms with E-state index in [1.54, 1.807) is 12.4 Å². The highest BCUT2D eigenvalue weighted by atomic mass is 16.3. The molecule has 0 aliphatic rings. The first kappa shape index (κ1) is 12.2. The number of hydrogen-bond donors (Lipinski definition) is 0. The molecule has 3 aromatic rings. The van der Waals surface area contributed by atoms with E-state index in [1.165, 1.54) is 6.39 Å². The van der Waals surface area contributed by atoms with E-state index < -0.39 is 0 Å². The summed E-state index contributed by atoms with van der Waals surface area (Å²) in [5, 5.41) is 8.20. The van der Waals surface area contributed by atoms with Gasteiger partial charge in [0.1, 0.15) is 12.3 Å². The Kier molecular flexibility index (Phi) is 3.59. The lowest BCUT2D eigenvalue weighted by atomic mass is 10.1. The van der Waals surface area contributed by atoms with Crippen LogP contribution in [0.1, 0.15) is 5.76 Å². The Hall–Kier alpha value is -2.82. The van der Waals surface area contributed by atoms with Crippen LogP contribution < -0.4 is 0 Å². The number of nitrogens with zero attached hydrogens (tertiary/aromatic N) is 4. The largest absolute Gasteiger partial charge is 0.446 e. The average molecular weight is 264 g/mol. The molecule has 3 rings (SSSR count). The molecule has 0 N–H and O–H groups in total. The highest BCUT2D eigenvalue weighted by Gasteiger charge is 1.97. The van der Waals surface area contributed by atoms with E-state index in [-0.39, 0.29) is 0 Å². The predicted molar refractivity (Wildman–Crippen MR) is 74.4 cm³/mol. The van der Waals surface area contributed by atoms with E-state index >= 15 is 0 Å². The van der Waals surface area contributed by atoms with Crippen LogP contribution in [0.3, 0.4) is 0 Å². The zero-order valence-corrected chi connectivity index (χ0v) is 10.7. The minimum atomic E-state index is 0.393. The molecule has 0 unspecified atom stereocenters. The molecule has 0 fully saturated rings. The van der Waals surface area contributed by atoms with Gasteiger partial charge in [-0.25, -0.2) is 4.98 Å². The van der Waals surface area contributed by atoms with Gasteiger partial charge in [0.2, 0.25) is 0 Å². The van der Waals surface area contributed by atoms with Crippen LogP contribution in [0.25, 0.3) is 11.1 Å². The second-order valence-electron chi connectivity index (χ2n) is 4.16. The molecule has 5 nitrogen and oxygen atoms in total.